The highest BCUT2D eigenvalue weighted by atomic mass is 16.5. The Labute approximate surface area is 100 Å². The summed E-state index contributed by atoms with van der Waals surface area (Å²) in [5.74, 6) is 0.914. The average molecular weight is 225 g/mol. The van der Waals surface area contributed by atoms with E-state index in [0.29, 0.717) is 12.1 Å². The van der Waals surface area contributed by atoms with Crippen molar-refractivity contribution in [3.63, 3.8) is 0 Å². The van der Waals surface area contributed by atoms with E-state index in [-0.39, 0.29) is 0 Å². The number of ether oxygens (including phenoxy) is 1. The molecule has 2 atom stereocenters. The SMILES string of the molecule is C[C@H](NCC1CCCCO1)C1CCCCC1. The van der Waals surface area contributed by atoms with Crippen molar-refractivity contribution < 1.29 is 4.74 Å². The second-order valence-electron chi connectivity index (χ2n) is 5.58. The molecule has 1 saturated carbocycles. The normalized spacial score (nSPS) is 30.2. The quantitative estimate of drug-likeness (QED) is 0.794. The highest BCUT2D eigenvalue weighted by Crippen LogP contribution is 2.26. The molecule has 94 valence electrons. The van der Waals surface area contributed by atoms with Gasteiger partial charge in [-0.05, 0) is 44.9 Å². The molecule has 16 heavy (non-hydrogen) atoms. The van der Waals surface area contributed by atoms with Gasteiger partial charge in [-0.1, -0.05) is 19.3 Å². The molecule has 1 heterocycles. The van der Waals surface area contributed by atoms with Gasteiger partial charge in [0.1, 0.15) is 0 Å². The van der Waals surface area contributed by atoms with Gasteiger partial charge < -0.3 is 10.1 Å². The monoisotopic (exact) mass is 225 g/mol. The van der Waals surface area contributed by atoms with Crippen LogP contribution in [0.25, 0.3) is 0 Å². The maximum absolute atomic E-state index is 5.75. The summed E-state index contributed by atoms with van der Waals surface area (Å²) in [7, 11) is 0. The standard InChI is InChI=1S/C14H27NO/c1-12(13-7-3-2-4-8-13)15-11-14-9-5-6-10-16-14/h12-15H,2-11H2,1H3/t12-,14?/m0/s1. The smallest absolute Gasteiger partial charge is 0.0699 e. The van der Waals surface area contributed by atoms with Crippen LogP contribution in [0.15, 0.2) is 0 Å². The van der Waals surface area contributed by atoms with Crippen LogP contribution < -0.4 is 5.32 Å². The van der Waals surface area contributed by atoms with Gasteiger partial charge in [0.2, 0.25) is 0 Å². The van der Waals surface area contributed by atoms with Crippen LogP contribution in [0, 0.1) is 5.92 Å². The molecule has 0 aromatic carbocycles. The zero-order valence-corrected chi connectivity index (χ0v) is 10.7. The Morgan fingerprint density at radius 2 is 1.81 bits per heavy atom. The topological polar surface area (TPSA) is 21.3 Å². The minimum atomic E-state index is 0.486. The van der Waals surface area contributed by atoms with Crippen molar-refractivity contribution in [2.45, 2.75) is 70.4 Å². The second-order valence-corrected chi connectivity index (χ2v) is 5.58. The molecular formula is C14H27NO. The van der Waals surface area contributed by atoms with Crippen molar-refractivity contribution in [3.8, 4) is 0 Å². The van der Waals surface area contributed by atoms with Crippen LogP contribution in [0.1, 0.15) is 58.3 Å². The van der Waals surface area contributed by atoms with E-state index >= 15 is 0 Å². The molecule has 1 aliphatic heterocycles. The first-order valence-corrected chi connectivity index (χ1v) is 7.21. The summed E-state index contributed by atoms with van der Waals surface area (Å²) in [5, 5.41) is 3.70. The Balaban J connectivity index is 1.63. The van der Waals surface area contributed by atoms with E-state index in [4.69, 9.17) is 4.74 Å². The Kier molecular flexibility index (Phi) is 5.11. The highest BCUT2D eigenvalue weighted by Gasteiger charge is 2.21. The zero-order chi connectivity index (χ0) is 11.2. The minimum Gasteiger partial charge on any atom is -0.377 e. The maximum Gasteiger partial charge on any atom is 0.0699 e. The number of nitrogens with one attached hydrogen (secondary N) is 1. The van der Waals surface area contributed by atoms with Gasteiger partial charge in [-0.25, -0.2) is 0 Å². The van der Waals surface area contributed by atoms with Crippen molar-refractivity contribution in [2.24, 2.45) is 5.92 Å². The van der Waals surface area contributed by atoms with E-state index in [1.54, 1.807) is 0 Å². The van der Waals surface area contributed by atoms with Crippen LogP contribution >= 0.6 is 0 Å². The molecule has 1 aliphatic carbocycles. The fourth-order valence-electron chi connectivity index (χ4n) is 3.09. The summed E-state index contributed by atoms with van der Waals surface area (Å²) < 4.78 is 5.75. The first-order valence-electron chi connectivity index (χ1n) is 7.21. The van der Waals surface area contributed by atoms with E-state index in [9.17, 15) is 0 Å². The van der Waals surface area contributed by atoms with E-state index in [1.165, 1.54) is 51.4 Å². The number of hydrogen-bond acceptors (Lipinski definition) is 2. The molecule has 1 saturated heterocycles. The van der Waals surface area contributed by atoms with E-state index in [1.807, 2.05) is 0 Å². The van der Waals surface area contributed by atoms with E-state index in [2.05, 4.69) is 12.2 Å². The molecule has 2 aliphatic rings. The lowest BCUT2D eigenvalue weighted by Crippen LogP contribution is -2.40. The van der Waals surface area contributed by atoms with E-state index < -0.39 is 0 Å². The van der Waals surface area contributed by atoms with Crippen LogP contribution in [0.2, 0.25) is 0 Å². The first-order chi connectivity index (χ1) is 7.86. The summed E-state index contributed by atoms with van der Waals surface area (Å²) in [5.41, 5.74) is 0. The molecule has 2 heteroatoms. The summed E-state index contributed by atoms with van der Waals surface area (Å²) in [6.45, 7) is 4.40. The lowest BCUT2D eigenvalue weighted by Gasteiger charge is -2.30. The molecule has 0 aromatic heterocycles. The van der Waals surface area contributed by atoms with Gasteiger partial charge in [-0.15, -0.1) is 0 Å². The molecule has 0 spiro atoms. The zero-order valence-electron chi connectivity index (χ0n) is 10.7. The molecule has 2 nitrogen and oxygen atoms in total. The third-order valence-corrected chi connectivity index (χ3v) is 4.30. The summed E-state index contributed by atoms with van der Waals surface area (Å²) in [6.07, 6.45) is 11.5. The highest BCUT2D eigenvalue weighted by molar-refractivity contribution is 4.77. The van der Waals surface area contributed by atoms with Crippen LogP contribution in [-0.4, -0.2) is 25.3 Å². The van der Waals surface area contributed by atoms with Gasteiger partial charge in [0.15, 0.2) is 0 Å². The summed E-state index contributed by atoms with van der Waals surface area (Å²) >= 11 is 0. The van der Waals surface area contributed by atoms with Crippen LogP contribution in [0.3, 0.4) is 0 Å². The largest absolute Gasteiger partial charge is 0.377 e. The Hall–Kier alpha value is -0.0800. The maximum atomic E-state index is 5.75. The van der Waals surface area contributed by atoms with Gasteiger partial charge in [-0.3, -0.25) is 0 Å². The number of rotatable bonds is 4. The third-order valence-electron chi connectivity index (χ3n) is 4.30. The van der Waals surface area contributed by atoms with Crippen molar-refractivity contribution in [1.82, 2.24) is 5.32 Å². The summed E-state index contributed by atoms with van der Waals surface area (Å²) in [6, 6.07) is 0.686. The van der Waals surface area contributed by atoms with Gasteiger partial charge in [-0.2, -0.15) is 0 Å². The minimum absolute atomic E-state index is 0.486. The molecular weight excluding hydrogens is 198 g/mol. The van der Waals surface area contributed by atoms with Gasteiger partial charge in [0.25, 0.3) is 0 Å². The lowest BCUT2D eigenvalue weighted by molar-refractivity contribution is 0.0141. The Morgan fingerprint density at radius 3 is 2.50 bits per heavy atom. The van der Waals surface area contributed by atoms with Crippen LogP contribution in [0.5, 0.6) is 0 Å². The molecule has 1 N–H and O–H groups in total. The van der Waals surface area contributed by atoms with Crippen molar-refractivity contribution in [1.29, 1.82) is 0 Å². The van der Waals surface area contributed by atoms with Crippen molar-refractivity contribution in [3.05, 3.63) is 0 Å². The average Bonchev–Trinajstić information content (AvgIpc) is 2.38. The molecule has 0 amide bonds. The summed E-state index contributed by atoms with van der Waals surface area (Å²) in [4.78, 5) is 0. The third kappa shape index (κ3) is 3.74. The van der Waals surface area contributed by atoms with Gasteiger partial charge in [0.05, 0.1) is 6.10 Å². The lowest BCUT2D eigenvalue weighted by atomic mass is 9.84. The fraction of sp³-hybridized carbons (Fsp3) is 1.00. The van der Waals surface area contributed by atoms with Crippen molar-refractivity contribution in [2.75, 3.05) is 13.2 Å². The first kappa shape index (κ1) is 12.4. The fourth-order valence-corrected chi connectivity index (χ4v) is 3.09. The molecule has 1 unspecified atom stereocenters. The Bertz CT molecular complexity index is 183. The van der Waals surface area contributed by atoms with E-state index in [0.717, 1.165) is 19.1 Å². The van der Waals surface area contributed by atoms with Crippen LogP contribution in [0.4, 0.5) is 0 Å². The predicted octanol–water partition coefficient (Wildman–Crippen LogP) is 3.11. The van der Waals surface area contributed by atoms with Crippen LogP contribution in [-0.2, 0) is 4.74 Å². The second kappa shape index (κ2) is 6.61. The molecule has 0 radical (unpaired) electrons. The molecule has 0 bridgehead atoms. The van der Waals surface area contributed by atoms with Crippen molar-refractivity contribution >= 4 is 0 Å². The number of hydrogen-bond donors (Lipinski definition) is 1. The predicted molar refractivity (Wildman–Crippen MR) is 67.6 cm³/mol. The van der Waals surface area contributed by atoms with Gasteiger partial charge in [0, 0.05) is 19.2 Å². The van der Waals surface area contributed by atoms with Gasteiger partial charge >= 0.3 is 0 Å². The Morgan fingerprint density at radius 1 is 1.06 bits per heavy atom. The molecule has 2 fully saturated rings. The molecule has 2 rings (SSSR count). The molecule has 0 aromatic rings.